The highest BCUT2D eigenvalue weighted by molar-refractivity contribution is 7.89. The summed E-state index contributed by atoms with van der Waals surface area (Å²) in [6.45, 7) is 0. The van der Waals surface area contributed by atoms with Crippen molar-refractivity contribution >= 4 is 15.7 Å². The molecule has 0 saturated carbocycles. The molecular formula is C9H10N4O2S. The zero-order chi connectivity index (χ0) is 11.8. The smallest absolute Gasteiger partial charge is 0.238 e. The Kier molecular flexibility index (Phi) is 2.41. The molecule has 1 aromatic heterocycles. The van der Waals surface area contributed by atoms with E-state index in [4.69, 9.17) is 10.9 Å². The van der Waals surface area contributed by atoms with Gasteiger partial charge in [0.15, 0.2) is 0 Å². The van der Waals surface area contributed by atoms with Gasteiger partial charge in [-0.05, 0) is 24.3 Å². The molecule has 0 aliphatic heterocycles. The van der Waals surface area contributed by atoms with Crippen LogP contribution in [0.15, 0.2) is 41.6 Å². The van der Waals surface area contributed by atoms with Crippen LogP contribution in [0.4, 0.5) is 5.69 Å². The molecule has 4 N–H and O–H groups in total. The van der Waals surface area contributed by atoms with Gasteiger partial charge in [-0.15, -0.1) is 0 Å². The number of hydrogen-bond donors (Lipinski definition) is 2. The van der Waals surface area contributed by atoms with Crippen molar-refractivity contribution in [2.75, 3.05) is 5.73 Å². The van der Waals surface area contributed by atoms with Gasteiger partial charge in [-0.2, -0.15) is 5.10 Å². The minimum atomic E-state index is -3.65. The number of nitrogens with two attached hydrogens (primary N) is 2. The van der Waals surface area contributed by atoms with E-state index in [-0.39, 0.29) is 4.90 Å². The van der Waals surface area contributed by atoms with Crippen LogP contribution in [0, 0.1) is 0 Å². The van der Waals surface area contributed by atoms with E-state index < -0.39 is 10.0 Å². The van der Waals surface area contributed by atoms with Gasteiger partial charge in [0.1, 0.15) is 0 Å². The van der Waals surface area contributed by atoms with Crippen molar-refractivity contribution in [3.05, 3.63) is 36.7 Å². The monoisotopic (exact) mass is 238 g/mol. The first-order valence-electron chi connectivity index (χ1n) is 4.40. The molecule has 0 spiro atoms. The fraction of sp³-hybridized carbons (Fsp3) is 0. The second kappa shape index (κ2) is 3.62. The van der Waals surface area contributed by atoms with Crippen LogP contribution in [0.5, 0.6) is 0 Å². The normalized spacial score (nSPS) is 11.6. The summed E-state index contributed by atoms with van der Waals surface area (Å²) >= 11 is 0. The predicted octanol–water partition coefficient (Wildman–Crippen LogP) is 0.102. The van der Waals surface area contributed by atoms with E-state index in [1.54, 1.807) is 23.0 Å². The number of nitrogen functional groups attached to an aromatic ring is 1. The number of sulfonamides is 1. The first kappa shape index (κ1) is 10.7. The van der Waals surface area contributed by atoms with E-state index in [1.807, 2.05) is 0 Å². The predicted molar refractivity (Wildman–Crippen MR) is 59.3 cm³/mol. The third kappa shape index (κ3) is 2.05. The second-order valence-electron chi connectivity index (χ2n) is 3.26. The molecule has 0 radical (unpaired) electrons. The molecule has 1 heterocycles. The topological polar surface area (TPSA) is 104 Å². The van der Waals surface area contributed by atoms with Gasteiger partial charge >= 0.3 is 0 Å². The van der Waals surface area contributed by atoms with Crippen molar-refractivity contribution < 1.29 is 8.42 Å². The Morgan fingerprint density at radius 3 is 2.25 bits per heavy atom. The summed E-state index contributed by atoms with van der Waals surface area (Å²) in [5.74, 6) is 0. The molecule has 1 aromatic carbocycles. The summed E-state index contributed by atoms with van der Waals surface area (Å²) in [5, 5.41) is 8.97. The maximum absolute atomic E-state index is 11.0. The van der Waals surface area contributed by atoms with Crippen molar-refractivity contribution in [1.29, 1.82) is 0 Å². The minimum Gasteiger partial charge on any atom is -0.396 e. The maximum atomic E-state index is 11.0. The summed E-state index contributed by atoms with van der Waals surface area (Å²) in [5.41, 5.74) is 6.77. The standard InChI is InChI=1S/C9H10N4O2S/c10-7-5-12-13(6-7)8-1-3-9(4-2-8)16(11,14)15/h1-6H,10H2,(H2,11,14,15). The van der Waals surface area contributed by atoms with Crippen LogP contribution in [0.2, 0.25) is 0 Å². The zero-order valence-corrected chi connectivity index (χ0v) is 9.05. The number of hydrogen-bond acceptors (Lipinski definition) is 4. The van der Waals surface area contributed by atoms with E-state index in [9.17, 15) is 8.42 Å². The molecule has 84 valence electrons. The van der Waals surface area contributed by atoms with E-state index in [0.717, 1.165) is 0 Å². The van der Waals surface area contributed by atoms with Gasteiger partial charge in [0, 0.05) is 0 Å². The van der Waals surface area contributed by atoms with E-state index in [1.165, 1.54) is 18.3 Å². The number of aromatic nitrogens is 2. The average Bonchev–Trinajstić information content (AvgIpc) is 2.64. The molecule has 16 heavy (non-hydrogen) atoms. The first-order valence-corrected chi connectivity index (χ1v) is 5.95. The van der Waals surface area contributed by atoms with Crippen LogP contribution < -0.4 is 10.9 Å². The lowest BCUT2D eigenvalue weighted by molar-refractivity contribution is 0.598. The van der Waals surface area contributed by atoms with Crippen LogP contribution >= 0.6 is 0 Å². The number of benzene rings is 1. The van der Waals surface area contributed by atoms with Crippen molar-refractivity contribution in [2.24, 2.45) is 5.14 Å². The molecular weight excluding hydrogens is 228 g/mol. The van der Waals surface area contributed by atoms with Crippen LogP contribution in [0.1, 0.15) is 0 Å². The van der Waals surface area contributed by atoms with Gasteiger partial charge in [-0.1, -0.05) is 0 Å². The van der Waals surface area contributed by atoms with E-state index in [2.05, 4.69) is 5.10 Å². The summed E-state index contributed by atoms with van der Waals surface area (Å²) < 4.78 is 23.6. The van der Waals surface area contributed by atoms with Crippen molar-refractivity contribution in [2.45, 2.75) is 4.90 Å². The Morgan fingerprint density at radius 1 is 1.19 bits per heavy atom. The summed E-state index contributed by atoms with van der Waals surface area (Å²) in [7, 11) is -3.65. The fourth-order valence-corrected chi connectivity index (χ4v) is 1.78. The van der Waals surface area contributed by atoms with Crippen LogP contribution in [0.25, 0.3) is 5.69 Å². The molecule has 0 bridgehead atoms. The summed E-state index contributed by atoms with van der Waals surface area (Å²) in [4.78, 5) is 0.0661. The average molecular weight is 238 g/mol. The van der Waals surface area contributed by atoms with Crippen molar-refractivity contribution in [3.8, 4) is 5.69 Å². The van der Waals surface area contributed by atoms with Gasteiger partial charge < -0.3 is 5.73 Å². The molecule has 0 aliphatic carbocycles. The van der Waals surface area contributed by atoms with E-state index >= 15 is 0 Å². The molecule has 6 nitrogen and oxygen atoms in total. The molecule has 0 atom stereocenters. The highest BCUT2D eigenvalue weighted by atomic mass is 32.2. The lowest BCUT2D eigenvalue weighted by Gasteiger charge is -2.02. The quantitative estimate of drug-likeness (QED) is 0.774. The Balaban J connectivity index is 2.40. The Morgan fingerprint density at radius 2 is 1.81 bits per heavy atom. The Hall–Kier alpha value is -1.86. The molecule has 2 rings (SSSR count). The Labute approximate surface area is 92.5 Å². The summed E-state index contributed by atoms with van der Waals surface area (Å²) in [6, 6.07) is 6.05. The number of rotatable bonds is 2. The summed E-state index contributed by atoms with van der Waals surface area (Å²) in [6.07, 6.45) is 3.14. The molecule has 0 saturated heterocycles. The SMILES string of the molecule is Nc1cnn(-c2ccc(S(N)(=O)=O)cc2)c1. The second-order valence-corrected chi connectivity index (χ2v) is 4.82. The first-order chi connectivity index (χ1) is 7.47. The molecule has 0 amide bonds. The minimum absolute atomic E-state index is 0.0661. The Bertz CT molecular complexity index is 601. The van der Waals surface area contributed by atoms with Crippen LogP contribution in [0.3, 0.4) is 0 Å². The lowest BCUT2D eigenvalue weighted by atomic mass is 10.3. The van der Waals surface area contributed by atoms with Crippen molar-refractivity contribution in [1.82, 2.24) is 9.78 Å². The molecule has 0 unspecified atom stereocenters. The number of anilines is 1. The highest BCUT2D eigenvalue weighted by Crippen LogP contribution is 2.13. The molecule has 2 aromatic rings. The third-order valence-electron chi connectivity index (χ3n) is 2.03. The van der Waals surface area contributed by atoms with Crippen LogP contribution in [-0.2, 0) is 10.0 Å². The van der Waals surface area contributed by atoms with Gasteiger partial charge in [0.05, 0.1) is 28.7 Å². The number of nitrogens with zero attached hydrogens (tertiary/aromatic N) is 2. The molecule has 7 heteroatoms. The number of primary sulfonamides is 1. The largest absolute Gasteiger partial charge is 0.396 e. The maximum Gasteiger partial charge on any atom is 0.238 e. The van der Waals surface area contributed by atoms with Crippen molar-refractivity contribution in [3.63, 3.8) is 0 Å². The van der Waals surface area contributed by atoms with Gasteiger partial charge in [0.2, 0.25) is 10.0 Å². The third-order valence-corrected chi connectivity index (χ3v) is 2.96. The lowest BCUT2D eigenvalue weighted by Crippen LogP contribution is -2.12. The highest BCUT2D eigenvalue weighted by Gasteiger charge is 2.07. The van der Waals surface area contributed by atoms with Crippen LogP contribution in [-0.4, -0.2) is 18.2 Å². The van der Waals surface area contributed by atoms with Gasteiger partial charge in [-0.25, -0.2) is 18.2 Å². The zero-order valence-electron chi connectivity index (χ0n) is 8.24. The fourth-order valence-electron chi connectivity index (χ4n) is 1.27. The molecule has 0 fully saturated rings. The van der Waals surface area contributed by atoms with E-state index in [0.29, 0.717) is 11.4 Å². The molecule has 0 aliphatic rings. The van der Waals surface area contributed by atoms with Gasteiger partial charge in [0.25, 0.3) is 0 Å². The van der Waals surface area contributed by atoms with Gasteiger partial charge in [-0.3, -0.25) is 0 Å².